The summed E-state index contributed by atoms with van der Waals surface area (Å²) >= 11 is 0. The lowest BCUT2D eigenvalue weighted by molar-refractivity contribution is -0.137. The number of methoxy groups -OCH3 is 1. The number of carbonyl (C=O) groups is 2. The van der Waals surface area contributed by atoms with Gasteiger partial charge in [0.1, 0.15) is 11.4 Å². The van der Waals surface area contributed by atoms with Crippen LogP contribution in [-0.4, -0.2) is 31.4 Å². The minimum Gasteiger partial charge on any atom is -0.497 e. The number of esters is 1. The molecule has 138 valence electrons. The van der Waals surface area contributed by atoms with E-state index < -0.39 is 17.7 Å². The van der Waals surface area contributed by atoms with Crippen molar-refractivity contribution in [1.82, 2.24) is 0 Å². The number of anilines is 1. The monoisotopic (exact) mass is 349 g/mol. The van der Waals surface area contributed by atoms with Crippen molar-refractivity contribution >= 4 is 23.8 Å². The quantitative estimate of drug-likeness (QED) is 0.449. The predicted octanol–water partition coefficient (Wildman–Crippen LogP) is 4.40. The van der Waals surface area contributed by atoms with Crippen LogP contribution in [0.2, 0.25) is 0 Å². The first kappa shape index (κ1) is 20.5. The summed E-state index contributed by atoms with van der Waals surface area (Å²) < 4.78 is 15.5. The Kier molecular flexibility index (Phi) is 7.98. The smallest absolute Gasteiger partial charge is 0.412 e. The van der Waals surface area contributed by atoms with Crippen LogP contribution in [0.1, 0.15) is 46.1 Å². The highest BCUT2D eigenvalue weighted by molar-refractivity contribution is 5.92. The lowest BCUT2D eigenvalue weighted by Gasteiger charge is -2.20. The van der Waals surface area contributed by atoms with Gasteiger partial charge in [-0.05, 0) is 51.5 Å². The highest BCUT2D eigenvalue weighted by atomic mass is 16.6. The van der Waals surface area contributed by atoms with Gasteiger partial charge in [-0.1, -0.05) is 13.3 Å². The molecule has 0 radical (unpaired) electrons. The summed E-state index contributed by atoms with van der Waals surface area (Å²) in [5, 5.41) is 2.67. The maximum Gasteiger partial charge on any atom is 0.412 e. The van der Waals surface area contributed by atoms with Crippen molar-refractivity contribution in [3.8, 4) is 5.75 Å². The predicted molar refractivity (Wildman–Crippen MR) is 97.8 cm³/mol. The number of benzene rings is 1. The molecule has 1 rings (SSSR count). The zero-order chi connectivity index (χ0) is 18.9. The Bertz CT molecular complexity index is 617. The Morgan fingerprint density at radius 2 is 1.96 bits per heavy atom. The molecule has 0 aliphatic carbocycles. The Hall–Kier alpha value is -2.50. The van der Waals surface area contributed by atoms with E-state index in [4.69, 9.17) is 14.2 Å². The summed E-state index contributed by atoms with van der Waals surface area (Å²) in [5.74, 6) is 0.174. The van der Waals surface area contributed by atoms with Gasteiger partial charge in [-0.25, -0.2) is 9.59 Å². The van der Waals surface area contributed by atoms with Crippen LogP contribution in [0, 0.1) is 0 Å². The molecule has 6 heteroatoms. The molecule has 0 aromatic heterocycles. The van der Waals surface area contributed by atoms with E-state index in [0.29, 0.717) is 23.6 Å². The standard InChI is InChI=1S/C19H27NO5/c1-6-7-12-24-17(21)11-8-14-13-15(23-5)9-10-16(14)20-18(22)25-19(2,3)4/h8-11,13H,6-7,12H2,1-5H3,(H,20,22)/b11-8+. The summed E-state index contributed by atoms with van der Waals surface area (Å²) in [6.07, 6.45) is 4.10. The molecule has 1 aromatic rings. The van der Waals surface area contributed by atoms with E-state index in [1.165, 1.54) is 6.08 Å². The molecule has 0 spiro atoms. The molecule has 0 aliphatic heterocycles. The van der Waals surface area contributed by atoms with E-state index >= 15 is 0 Å². The van der Waals surface area contributed by atoms with Gasteiger partial charge in [-0.2, -0.15) is 0 Å². The number of hydrogen-bond donors (Lipinski definition) is 1. The summed E-state index contributed by atoms with van der Waals surface area (Å²) in [4.78, 5) is 23.7. The third kappa shape index (κ3) is 8.24. The maximum atomic E-state index is 12.0. The number of ether oxygens (including phenoxy) is 3. The Labute approximate surface area is 149 Å². The van der Waals surface area contributed by atoms with Gasteiger partial charge >= 0.3 is 12.1 Å². The first-order valence-electron chi connectivity index (χ1n) is 8.28. The molecule has 1 aromatic carbocycles. The summed E-state index contributed by atoms with van der Waals surface area (Å²) in [5.41, 5.74) is 0.514. The lowest BCUT2D eigenvalue weighted by Crippen LogP contribution is -2.27. The maximum absolute atomic E-state index is 12.0. The third-order valence-electron chi connectivity index (χ3n) is 3.04. The van der Waals surface area contributed by atoms with Gasteiger partial charge < -0.3 is 14.2 Å². The summed E-state index contributed by atoms with van der Waals surface area (Å²) in [6, 6.07) is 5.11. The van der Waals surface area contributed by atoms with Crippen LogP contribution in [0.15, 0.2) is 24.3 Å². The van der Waals surface area contributed by atoms with Gasteiger partial charge in [0.15, 0.2) is 0 Å². The van der Waals surface area contributed by atoms with E-state index in [0.717, 1.165) is 12.8 Å². The minimum atomic E-state index is -0.602. The molecule has 0 unspecified atom stereocenters. The molecule has 1 N–H and O–H groups in total. The fraction of sp³-hybridized carbons (Fsp3) is 0.474. The zero-order valence-electron chi connectivity index (χ0n) is 15.5. The molecule has 6 nitrogen and oxygen atoms in total. The van der Waals surface area contributed by atoms with Gasteiger partial charge in [0.25, 0.3) is 0 Å². The Morgan fingerprint density at radius 3 is 2.56 bits per heavy atom. The van der Waals surface area contributed by atoms with Crippen molar-refractivity contribution < 1.29 is 23.8 Å². The molecule has 25 heavy (non-hydrogen) atoms. The molecule has 0 saturated carbocycles. The van der Waals surface area contributed by atoms with Crippen LogP contribution in [0.25, 0.3) is 6.08 Å². The first-order valence-corrected chi connectivity index (χ1v) is 8.28. The van der Waals surface area contributed by atoms with Gasteiger partial charge in [-0.15, -0.1) is 0 Å². The van der Waals surface area contributed by atoms with Crippen LogP contribution in [0.5, 0.6) is 5.75 Å². The number of carbonyl (C=O) groups excluding carboxylic acids is 2. The Balaban J connectivity index is 2.88. The van der Waals surface area contributed by atoms with Crippen LogP contribution in [0.4, 0.5) is 10.5 Å². The molecule has 0 aliphatic rings. The van der Waals surface area contributed by atoms with Crippen LogP contribution in [0.3, 0.4) is 0 Å². The lowest BCUT2D eigenvalue weighted by atomic mass is 10.1. The molecule has 0 saturated heterocycles. The topological polar surface area (TPSA) is 73.9 Å². The number of nitrogens with one attached hydrogen (secondary N) is 1. The second-order valence-corrected chi connectivity index (χ2v) is 6.43. The number of amides is 1. The number of hydrogen-bond acceptors (Lipinski definition) is 5. The second-order valence-electron chi connectivity index (χ2n) is 6.43. The molecule has 0 fully saturated rings. The number of rotatable bonds is 7. The molecular weight excluding hydrogens is 322 g/mol. The summed E-state index contributed by atoms with van der Waals surface area (Å²) in [7, 11) is 1.54. The average Bonchev–Trinajstić information content (AvgIpc) is 2.52. The van der Waals surface area contributed by atoms with Gasteiger partial charge in [0.2, 0.25) is 0 Å². The average molecular weight is 349 g/mol. The first-order chi connectivity index (χ1) is 11.7. The van der Waals surface area contributed by atoms with Crippen molar-refractivity contribution in [1.29, 1.82) is 0 Å². The zero-order valence-corrected chi connectivity index (χ0v) is 15.5. The highest BCUT2D eigenvalue weighted by Gasteiger charge is 2.17. The van der Waals surface area contributed by atoms with Gasteiger partial charge in [0.05, 0.1) is 19.4 Å². The molecular formula is C19H27NO5. The van der Waals surface area contributed by atoms with Crippen molar-refractivity contribution in [2.45, 2.75) is 46.1 Å². The largest absolute Gasteiger partial charge is 0.497 e. The van der Waals surface area contributed by atoms with E-state index in [1.54, 1.807) is 52.2 Å². The van der Waals surface area contributed by atoms with Crippen LogP contribution < -0.4 is 10.1 Å². The van der Waals surface area contributed by atoms with Gasteiger partial charge in [-0.3, -0.25) is 5.32 Å². The van der Waals surface area contributed by atoms with Crippen LogP contribution >= 0.6 is 0 Å². The summed E-state index contributed by atoms with van der Waals surface area (Å²) in [6.45, 7) is 7.77. The SMILES string of the molecule is CCCCOC(=O)/C=C/c1cc(OC)ccc1NC(=O)OC(C)(C)C. The van der Waals surface area contributed by atoms with Crippen molar-refractivity contribution in [2.75, 3.05) is 19.0 Å². The van der Waals surface area contributed by atoms with Crippen molar-refractivity contribution in [3.05, 3.63) is 29.8 Å². The minimum absolute atomic E-state index is 0.390. The number of unbranched alkanes of at least 4 members (excludes halogenated alkanes) is 1. The normalized spacial score (nSPS) is 11.2. The fourth-order valence-corrected chi connectivity index (χ4v) is 1.86. The Morgan fingerprint density at radius 1 is 1.24 bits per heavy atom. The van der Waals surface area contributed by atoms with Crippen LogP contribution in [-0.2, 0) is 14.3 Å². The second kappa shape index (κ2) is 9.71. The van der Waals surface area contributed by atoms with Crippen molar-refractivity contribution in [2.24, 2.45) is 0 Å². The van der Waals surface area contributed by atoms with E-state index in [1.807, 2.05) is 6.92 Å². The fourth-order valence-electron chi connectivity index (χ4n) is 1.86. The molecule has 1 amide bonds. The molecule has 0 atom stereocenters. The highest BCUT2D eigenvalue weighted by Crippen LogP contribution is 2.24. The molecule has 0 heterocycles. The van der Waals surface area contributed by atoms with Gasteiger partial charge in [0, 0.05) is 11.6 Å². The van der Waals surface area contributed by atoms with E-state index in [-0.39, 0.29) is 0 Å². The van der Waals surface area contributed by atoms with E-state index in [2.05, 4.69) is 5.32 Å². The third-order valence-corrected chi connectivity index (χ3v) is 3.04. The van der Waals surface area contributed by atoms with Crippen molar-refractivity contribution in [3.63, 3.8) is 0 Å². The van der Waals surface area contributed by atoms with E-state index in [9.17, 15) is 9.59 Å². The molecule has 0 bridgehead atoms.